The number of rotatable bonds is 6. The summed E-state index contributed by atoms with van der Waals surface area (Å²) in [6, 6.07) is 5.91. The lowest BCUT2D eigenvalue weighted by atomic mass is 10.3. The first-order chi connectivity index (χ1) is 10.9. The van der Waals surface area contributed by atoms with E-state index in [0.717, 1.165) is 11.8 Å². The van der Waals surface area contributed by atoms with E-state index in [-0.39, 0.29) is 17.7 Å². The summed E-state index contributed by atoms with van der Waals surface area (Å²) in [5.41, 5.74) is 4.88. The van der Waals surface area contributed by atoms with Gasteiger partial charge in [-0.2, -0.15) is 0 Å². The first kappa shape index (κ1) is 17.1. The summed E-state index contributed by atoms with van der Waals surface area (Å²) >= 11 is 6.78. The molecule has 0 saturated heterocycles. The number of carbonyl (C=O) groups is 2. The number of ether oxygens (including phenoxy) is 1. The van der Waals surface area contributed by atoms with Gasteiger partial charge in [-0.05, 0) is 31.2 Å². The zero-order valence-corrected chi connectivity index (χ0v) is 13.6. The van der Waals surface area contributed by atoms with E-state index >= 15 is 0 Å². The first-order valence-corrected chi connectivity index (χ1v) is 7.67. The third kappa shape index (κ3) is 5.46. The maximum absolute atomic E-state index is 11.5. The number of imide groups is 1. The predicted octanol–water partition coefficient (Wildman–Crippen LogP) is 1.98. The molecular weight excluding hydrogens is 344 g/mol. The van der Waals surface area contributed by atoms with Crippen LogP contribution in [-0.2, 0) is 11.4 Å². The number of nitrogens with two attached hydrogens (primary N) is 1. The Balaban J connectivity index is 1.86. The van der Waals surface area contributed by atoms with Crippen LogP contribution in [0.3, 0.4) is 0 Å². The SMILES string of the molecule is C[C@@H](Sc1nnc(COc2ccc(Cl)cc2)o1)C(=O)NC(N)=O. The van der Waals surface area contributed by atoms with E-state index in [1.165, 1.54) is 0 Å². The maximum Gasteiger partial charge on any atom is 0.318 e. The number of thioether (sulfide) groups is 1. The summed E-state index contributed by atoms with van der Waals surface area (Å²) in [6.45, 7) is 1.66. The van der Waals surface area contributed by atoms with Gasteiger partial charge in [0.2, 0.25) is 5.91 Å². The van der Waals surface area contributed by atoms with Crippen LogP contribution < -0.4 is 15.8 Å². The lowest BCUT2D eigenvalue weighted by Gasteiger charge is -2.06. The zero-order chi connectivity index (χ0) is 16.8. The lowest BCUT2D eigenvalue weighted by Crippen LogP contribution is -2.39. The van der Waals surface area contributed by atoms with Gasteiger partial charge < -0.3 is 14.9 Å². The van der Waals surface area contributed by atoms with Crippen molar-refractivity contribution in [1.82, 2.24) is 15.5 Å². The second-order valence-corrected chi connectivity index (χ2v) is 6.05. The maximum atomic E-state index is 11.5. The highest BCUT2D eigenvalue weighted by Gasteiger charge is 2.19. The number of amides is 3. The van der Waals surface area contributed by atoms with E-state index in [0.29, 0.717) is 10.8 Å². The Morgan fingerprint density at radius 3 is 2.74 bits per heavy atom. The minimum absolute atomic E-state index is 0.0804. The second-order valence-electron chi connectivity index (χ2n) is 4.32. The van der Waals surface area contributed by atoms with Crippen molar-refractivity contribution in [3.05, 3.63) is 35.2 Å². The largest absolute Gasteiger partial charge is 0.484 e. The molecule has 1 aromatic carbocycles. The molecule has 0 aliphatic carbocycles. The van der Waals surface area contributed by atoms with Gasteiger partial charge in [0, 0.05) is 5.02 Å². The molecule has 1 aromatic heterocycles. The van der Waals surface area contributed by atoms with Crippen molar-refractivity contribution in [2.24, 2.45) is 5.73 Å². The summed E-state index contributed by atoms with van der Waals surface area (Å²) in [6.07, 6.45) is 0. The molecule has 0 fully saturated rings. The topological polar surface area (TPSA) is 120 Å². The standard InChI is InChI=1S/C13H13ClN4O4S/c1-7(11(19)16-12(15)20)23-13-18-17-10(22-13)6-21-9-4-2-8(14)3-5-9/h2-5,7H,6H2,1H3,(H3,15,16,19,20)/t7-/m1/s1. The highest BCUT2D eigenvalue weighted by atomic mass is 35.5. The van der Waals surface area contributed by atoms with Crippen molar-refractivity contribution in [3.63, 3.8) is 0 Å². The van der Waals surface area contributed by atoms with Crippen molar-refractivity contribution in [3.8, 4) is 5.75 Å². The van der Waals surface area contributed by atoms with Crippen LogP contribution in [0.5, 0.6) is 5.75 Å². The molecule has 0 aliphatic heterocycles. The molecule has 0 radical (unpaired) electrons. The molecule has 0 unspecified atom stereocenters. The van der Waals surface area contributed by atoms with Crippen molar-refractivity contribution in [1.29, 1.82) is 0 Å². The third-order valence-corrected chi connectivity index (χ3v) is 3.70. The van der Waals surface area contributed by atoms with Crippen LogP contribution in [-0.4, -0.2) is 27.4 Å². The molecule has 0 bridgehead atoms. The zero-order valence-electron chi connectivity index (χ0n) is 12.0. The van der Waals surface area contributed by atoms with Gasteiger partial charge in [-0.1, -0.05) is 23.4 Å². The number of halogens is 1. The van der Waals surface area contributed by atoms with E-state index in [1.807, 2.05) is 5.32 Å². The molecule has 1 heterocycles. The number of urea groups is 1. The highest BCUT2D eigenvalue weighted by Crippen LogP contribution is 2.22. The molecule has 23 heavy (non-hydrogen) atoms. The van der Waals surface area contributed by atoms with Crippen LogP contribution in [0.4, 0.5) is 4.79 Å². The Bertz CT molecular complexity index is 692. The van der Waals surface area contributed by atoms with Crippen molar-refractivity contribution in [2.75, 3.05) is 0 Å². The smallest absolute Gasteiger partial charge is 0.318 e. The van der Waals surface area contributed by atoms with Crippen molar-refractivity contribution < 1.29 is 18.7 Å². The second kappa shape index (κ2) is 7.84. The number of hydrogen-bond donors (Lipinski definition) is 2. The molecule has 0 spiro atoms. The molecule has 0 aliphatic rings. The molecule has 2 rings (SSSR count). The van der Waals surface area contributed by atoms with Gasteiger partial charge in [0.05, 0.1) is 5.25 Å². The van der Waals surface area contributed by atoms with E-state index in [4.69, 9.17) is 26.5 Å². The molecule has 8 nitrogen and oxygen atoms in total. The fourth-order valence-electron chi connectivity index (χ4n) is 1.45. The molecule has 3 amide bonds. The van der Waals surface area contributed by atoms with E-state index < -0.39 is 17.2 Å². The number of carbonyl (C=O) groups excluding carboxylic acids is 2. The van der Waals surface area contributed by atoms with Crippen LogP contribution in [0.15, 0.2) is 33.9 Å². The summed E-state index contributed by atoms with van der Waals surface area (Å²) in [5.74, 6) is 0.320. The monoisotopic (exact) mass is 356 g/mol. The Morgan fingerprint density at radius 1 is 1.39 bits per heavy atom. The Hall–Kier alpha value is -2.26. The summed E-state index contributed by atoms with van der Waals surface area (Å²) < 4.78 is 10.8. The van der Waals surface area contributed by atoms with Crippen LogP contribution in [0, 0.1) is 0 Å². The number of benzene rings is 1. The van der Waals surface area contributed by atoms with Crippen molar-refractivity contribution in [2.45, 2.75) is 24.0 Å². The number of aromatic nitrogens is 2. The molecule has 0 saturated carbocycles. The van der Waals surface area contributed by atoms with Gasteiger partial charge in [0.15, 0.2) is 6.61 Å². The Morgan fingerprint density at radius 2 is 2.09 bits per heavy atom. The van der Waals surface area contributed by atoms with Crippen LogP contribution >= 0.6 is 23.4 Å². The Labute approximate surface area is 140 Å². The van der Waals surface area contributed by atoms with Crippen molar-refractivity contribution >= 4 is 35.3 Å². The number of primary amides is 1. The average Bonchev–Trinajstić information content (AvgIpc) is 2.93. The van der Waals surface area contributed by atoms with Gasteiger partial charge >= 0.3 is 6.03 Å². The highest BCUT2D eigenvalue weighted by molar-refractivity contribution is 8.00. The van der Waals surface area contributed by atoms with Gasteiger partial charge in [-0.15, -0.1) is 10.2 Å². The third-order valence-electron chi connectivity index (χ3n) is 2.52. The molecule has 122 valence electrons. The minimum atomic E-state index is -0.912. The van der Waals surface area contributed by atoms with Gasteiger partial charge in [-0.3, -0.25) is 10.1 Å². The normalized spacial score (nSPS) is 11.7. The van der Waals surface area contributed by atoms with Crippen LogP contribution in [0.25, 0.3) is 0 Å². The fraction of sp³-hybridized carbons (Fsp3) is 0.231. The molecule has 2 aromatic rings. The van der Waals surface area contributed by atoms with E-state index in [2.05, 4.69) is 10.2 Å². The van der Waals surface area contributed by atoms with Crippen LogP contribution in [0.1, 0.15) is 12.8 Å². The Kier molecular flexibility index (Phi) is 5.83. The van der Waals surface area contributed by atoms with E-state index in [9.17, 15) is 9.59 Å². The van der Waals surface area contributed by atoms with Gasteiger partial charge in [0.25, 0.3) is 11.1 Å². The first-order valence-electron chi connectivity index (χ1n) is 6.41. The molecule has 1 atom stereocenters. The fourth-order valence-corrected chi connectivity index (χ4v) is 2.27. The number of hydrogen-bond acceptors (Lipinski definition) is 7. The lowest BCUT2D eigenvalue weighted by molar-refractivity contribution is -0.119. The van der Waals surface area contributed by atoms with Crippen LogP contribution in [0.2, 0.25) is 5.02 Å². The predicted molar refractivity (Wildman–Crippen MR) is 83.1 cm³/mol. The molecular formula is C13H13ClN4O4S. The summed E-state index contributed by atoms with van der Waals surface area (Å²) in [4.78, 5) is 22.2. The minimum Gasteiger partial charge on any atom is -0.484 e. The molecule has 3 N–H and O–H groups in total. The average molecular weight is 357 g/mol. The van der Waals surface area contributed by atoms with E-state index in [1.54, 1.807) is 31.2 Å². The van der Waals surface area contributed by atoms with Gasteiger partial charge in [-0.25, -0.2) is 4.79 Å². The number of nitrogens with zero attached hydrogens (tertiary/aromatic N) is 2. The van der Waals surface area contributed by atoms with Gasteiger partial charge in [0.1, 0.15) is 5.75 Å². The molecule has 10 heteroatoms. The number of nitrogens with one attached hydrogen (secondary N) is 1. The summed E-state index contributed by atoms with van der Waals surface area (Å²) in [7, 11) is 0. The quantitative estimate of drug-likeness (QED) is 0.759. The summed E-state index contributed by atoms with van der Waals surface area (Å²) in [5, 5.41) is 9.76.